The molecule has 4 nitrogen and oxygen atoms in total. The fourth-order valence-corrected chi connectivity index (χ4v) is 0.856. The molecular weight excluding hydrogens is 128 g/mol. The summed E-state index contributed by atoms with van der Waals surface area (Å²) >= 11 is 0. The average Bonchev–Trinajstić information content (AvgIpc) is 1.65. The zero-order valence-corrected chi connectivity index (χ0v) is 4.72. The van der Waals surface area contributed by atoms with Crippen LogP contribution in [0.4, 0.5) is 0 Å². The van der Waals surface area contributed by atoms with Crippen LogP contribution < -0.4 is 4.72 Å². The summed E-state index contributed by atoms with van der Waals surface area (Å²) in [6.45, 7) is 0. The Morgan fingerprint density at radius 1 is 1.50 bits per heavy atom. The average molecular weight is 132 g/mol. The van der Waals surface area contributed by atoms with Crippen molar-refractivity contribution in [3.05, 3.63) is 12.3 Å². The summed E-state index contributed by atoms with van der Waals surface area (Å²) in [5, 5.41) is 0. The van der Waals surface area contributed by atoms with E-state index in [0.29, 0.717) is 0 Å². The third kappa shape index (κ3) is 1.06. The number of hydrogen-bond acceptors (Lipinski definition) is 2. The predicted molar refractivity (Wildman–Crippen MR) is 29.7 cm³/mol. The van der Waals surface area contributed by atoms with Gasteiger partial charge in [-0.05, 0) is 6.08 Å². The van der Waals surface area contributed by atoms with Gasteiger partial charge < -0.3 is 0 Å². The van der Waals surface area contributed by atoms with Crippen molar-refractivity contribution in [2.75, 3.05) is 0 Å². The molecule has 0 amide bonds. The van der Waals surface area contributed by atoms with Gasteiger partial charge in [0.25, 0.3) is 0 Å². The fraction of sp³-hybridized carbons (Fsp3) is 0. The van der Waals surface area contributed by atoms with Crippen LogP contribution in [0.2, 0.25) is 0 Å². The zero-order valence-electron chi connectivity index (χ0n) is 3.90. The Morgan fingerprint density at radius 3 is 2.50 bits per heavy atom. The lowest BCUT2D eigenvalue weighted by molar-refractivity contribution is 0.592. The second-order valence-corrected chi connectivity index (χ2v) is 2.60. The van der Waals surface area contributed by atoms with Gasteiger partial charge in [-0.25, -0.2) is 0 Å². The molecule has 0 saturated heterocycles. The maximum atomic E-state index is 10.3. The maximum Gasteiger partial charge on any atom is 0.341 e. The highest BCUT2D eigenvalue weighted by Gasteiger charge is 2.02. The standard InChI is InChI=1S/C3H4N2O2S/c6-8(7)4-2-1-3-5-8/h1-4H. The Balaban J connectivity index is 2.98. The maximum absolute atomic E-state index is 10.3. The highest BCUT2D eigenvalue weighted by atomic mass is 32.2. The molecule has 1 aliphatic rings. The molecule has 0 bridgehead atoms. The van der Waals surface area contributed by atoms with Crippen LogP contribution in [0.15, 0.2) is 16.7 Å². The van der Waals surface area contributed by atoms with Gasteiger partial charge in [0.2, 0.25) is 0 Å². The van der Waals surface area contributed by atoms with E-state index >= 15 is 0 Å². The van der Waals surface area contributed by atoms with Gasteiger partial charge in [0.1, 0.15) is 0 Å². The first-order valence-corrected chi connectivity index (χ1v) is 3.37. The molecule has 0 saturated carbocycles. The van der Waals surface area contributed by atoms with Crippen molar-refractivity contribution < 1.29 is 8.42 Å². The Kier molecular flexibility index (Phi) is 1.05. The topological polar surface area (TPSA) is 58.5 Å². The van der Waals surface area contributed by atoms with E-state index in [0.717, 1.165) is 0 Å². The molecule has 0 radical (unpaired) electrons. The van der Waals surface area contributed by atoms with Crippen molar-refractivity contribution in [3.8, 4) is 0 Å². The lowest BCUT2D eigenvalue weighted by atomic mass is 10.7. The van der Waals surface area contributed by atoms with Gasteiger partial charge in [0, 0.05) is 12.4 Å². The molecule has 0 unspecified atom stereocenters. The van der Waals surface area contributed by atoms with Crippen LogP contribution in [0.5, 0.6) is 0 Å². The summed E-state index contributed by atoms with van der Waals surface area (Å²) < 4.78 is 25.7. The molecule has 0 fully saturated rings. The van der Waals surface area contributed by atoms with Gasteiger partial charge in [-0.1, -0.05) is 0 Å². The summed E-state index contributed by atoms with van der Waals surface area (Å²) in [5.41, 5.74) is 0. The van der Waals surface area contributed by atoms with Crippen LogP contribution in [0, 0.1) is 0 Å². The van der Waals surface area contributed by atoms with Gasteiger partial charge in [0.05, 0.1) is 0 Å². The Morgan fingerprint density at radius 2 is 2.25 bits per heavy atom. The molecule has 0 aliphatic carbocycles. The predicted octanol–water partition coefficient (Wildman–Crippen LogP) is -0.581. The van der Waals surface area contributed by atoms with Crippen LogP contribution in [0.1, 0.15) is 0 Å². The van der Waals surface area contributed by atoms with Gasteiger partial charge >= 0.3 is 10.2 Å². The highest BCUT2D eigenvalue weighted by Crippen LogP contribution is 1.88. The van der Waals surface area contributed by atoms with Crippen LogP contribution >= 0.6 is 0 Å². The van der Waals surface area contributed by atoms with Crippen LogP contribution in [-0.4, -0.2) is 14.6 Å². The monoisotopic (exact) mass is 132 g/mol. The van der Waals surface area contributed by atoms with E-state index in [9.17, 15) is 8.42 Å². The lowest BCUT2D eigenvalue weighted by Gasteiger charge is -1.97. The molecule has 8 heavy (non-hydrogen) atoms. The second kappa shape index (κ2) is 1.59. The van der Waals surface area contributed by atoms with Crippen LogP contribution in [-0.2, 0) is 10.2 Å². The summed E-state index contributed by atoms with van der Waals surface area (Å²) in [4.78, 5) is 0. The second-order valence-electron chi connectivity index (χ2n) is 1.21. The third-order valence-electron chi connectivity index (χ3n) is 0.599. The van der Waals surface area contributed by atoms with Crippen molar-refractivity contribution >= 4 is 16.4 Å². The SMILES string of the molecule is O=S1(=O)N=CC=CN1. The first kappa shape index (κ1) is 5.30. The molecule has 0 aromatic carbocycles. The Labute approximate surface area is 47.1 Å². The first-order chi connectivity index (χ1) is 3.71. The minimum absolute atomic E-state index is 1.21. The summed E-state index contributed by atoms with van der Waals surface area (Å²) in [7, 11) is -3.35. The number of allylic oxidation sites excluding steroid dienone is 1. The molecule has 0 atom stereocenters. The van der Waals surface area contributed by atoms with E-state index in [-0.39, 0.29) is 0 Å². The van der Waals surface area contributed by atoms with E-state index in [1.165, 1.54) is 18.5 Å². The Hall–Kier alpha value is -0.840. The summed E-state index contributed by atoms with van der Waals surface area (Å²) in [5.74, 6) is 0. The highest BCUT2D eigenvalue weighted by molar-refractivity contribution is 7.88. The van der Waals surface area contributed by atoms with Crippen LogP contribution in [0.3, 0.4) is 0 Å². The minimum Gasteiger partial charge on any atom is -0.272 e. The lowest BCUT2D eigenvalue weighted by Crippen LogP contribution is -2.16. The number of nitrogens with zero attached hydrogens (tertiary/aromatic N) is 1. The molecule has 1 rings (SSSR count). The molecular formula is C3H4N2O2S. The normalized spacial score (nSPS) is 22.5. The van der Waals surface area contributed by atoms with Crippen molar-refractivity contribution in [1.29, 1.82) is 0 Å². The molecule has 0 aromatic heterocycles. The van der Waals surface area contributed by atoms with E-state index in [1.54, 1.807) is 0 Å². The van der Waals surface area contributed by atoms with E-state index in [2.05, 4.69) is 9.12 Å². The molecule has 44 valence electrons. The van der Waals surface area contributed by atoms with Crippen molar-refractivity contribution in [2.45, 2.75) is 0 Å². The van der Waals surface area contributed by atoms with E-state index < -0.39 is 10.2 Å². The number of hydrogen-bond donors (Lipinski definition) is 1. The smallest absolute Gasteiger partial charge is 0.272 e. The van der Waals surface area contributed by atoms with Crippen molar-refractivity contribution in [2.24, 2.45) is 4.40 Å². The number of rotatable bonds is 0. The molecule has 1 N–H and O–H groups in total. The minimum atomic E-state index is -3.35. The summed E-state index contributed by atoms with van der Waals surface area (Å²) in [6, 6.07) is 0. The Bertz CT molecular complexity index is 226. The molecule has 0 spiro atoms. The quantitative estimate of drug-likeness (QED) is 0.479. The van der Waals surface area contributed by atoms with Crippen LogP contribution in [0.25, 0.3) is 0 Å². The van der Waals surface area contributed by atoms with Gasteiger partial charge in [-0.2, -0.15) is 12.8 Å². The zero-order chi connectivity index (χ0) is 6.04. The molecule has 0 aromatic rings. The number of nitrogens with one attached hydrogen (secondary N) is 1. The summed E-state index contributed by atoms with van der Waals surface area (Å²) in [6.07, 6.45) is 4.02. The molecule has 1 heterocycles. The van der Waals surface area contributed by atoms with E-state index in [4.69, 9.17) is 0 Å². The van der Waals surface area contributed by atoms with Crippen molar-refractivity contribution in [3.63, 3.8) is 0 Å². The van der Waals surface area contributed by atoms with E-state index in [1.807, 2.05) is 0 Å². The van der Waals surface area contributed by atoms with Crippen molar-refractivity contribution in [1.82, 2.24) is 4.72 Å². The molecule has 1 aliphatic heterocycles. The van der Waals surface area contributed by atoms with Gasteiger partial charge in [0.15, 0.2) is 0 Å². The van der Waals surface area contributed by atoms with Gasteiger partial charge in [-0.3, -0.25) is 4.72 Å². The third-order valence-corrected chi connectivity index (χ3v) is 1.43. The fourth-order valence-electron chi connectivity index (χ4n) is 0.314. The van der Waals surface area contributed by atoms with Gasteiger partial charge in [-0.15, -0.1) is 0 Å². The first-order valence-electron chi connectivity index (χ1n) is 1.93. The largest absolute Gasteiger partial charge is 0.341 e. The molecule has 5 heteroatoms.